The average Bonchev–Trinajstić information content (AvgIpc) is 3.11. The average molecular weight is 386 g/mol. The maximum atomic E-state index is 12.6. The van der Waals surface area contributed by atoms with Crippen molar-refractivity contribution < 1.29 is 19.4 Å². The van der Waals surface area contributed by atoms with Gasteiger partial charge in [0.15, 0.2) is 0 Å². The van der Waals surface area contributed by atoms with Crippen LogP contribution in [0, 0.1) is 0 Å². The number of carbonyl (C=O) groups is 1. The third-order valence-electron chi connectivity index (χ3n) is 5.49. The summed E-state index contributed by atoms with van der Waals surface area (Å²) in [4.78, 5) is 22.1. The molecule has 4 rings (SSSR count). The van der Waals surface area contributed by atoms with Gasteiger partial charge in [0.05, 0.1) is 25.9 Å². The molecule has 1 saturated heterocycles. The van der Waals surface area contributed by atoms with Gasteiger partial charge < -0.3 is 24.5 Å². The molecule has 0 saturated carbocycles. The maximum Gasteiger partial charge on any atom is 0.324 e. The molecule has 1 aromatic carbocycles. The Morgan fingerprint density at radius 1 is 1.39 bits per heavy atom. The topological polar surface area (TPSA) is 99.7 Å². The van der Waals surface area contributed by atoms with Crippen molar-refractivity contribution >= 4 is 28.6 Å². The van der Waals surface area contributed by atoms with E-state index < -0.39 is 5.60 Å². The Morgan fingerprint density at radius 3 is 2.86 bits per heavy atom. The first kappa shape index (κ1) is 18.8. The molecule has 8 nitrogen and oxygen atoms in total. The first-order valence-electron chi connectivity index (χ1n) is 9.59. The van der Waals surface area contributed by atoms with E-state index >= 15 is 0 Å². The summed E-state index contributed by atoms with van der Waals surface area (Å²) in [5, 5.41) is 12.9. The number of urea groups is 1. The molecular weight excluding hydrogens is 360 g/mol. The van der Waals surface area contributed by atoms with Crippen LogP contribution in [0.25, 0.3) is 16.6 Å². The number of likely N-dealkylation sites (tertiary alicyclic amines) is 1. The van der Waals surface area contributed by atoms with Gasteiger partial charge in [-0.25, -0.2) is 9.78 Å². The highest BCUT2D eigenvalue weighted by atomic mass is 16.5. The summed E-state index contributed by atoms with van der Waals surface area (Å²) >= 11 is 0. The van der Waals surface area contributed by atoms with Crippen LogP contribution in [-0.4, -0.2) is 65.0 Å². The van der Waals surface area contributed by atoms with Crippen molar-refractivity contribution in [1.82, 2.24) is 14.9 Å². The quantitative estimate of drug-likeness (QED) is 0.753. The molecule has 2 amide bonds. The van der Waals surface area contributed by atoms with E-state index in [1.54, 1.807) is 18.9 Å². The molecular formula is C20H26N4O4. The van der Waals surface area contributed by atoms with Crippen molar-refractivity contribution in [3.63, 3.8) is 0 Å². The number of benzene rings is 1. The third-order valence-corrected chi connectivity index (χ3v) is 5.49. The lowest BCUT2D eigenvalue weighted by Crippen LogP contribution is -2.46. The van der Waals surface area contributed by atoms with E-state index in [-0.39, 0.29) is 6.03 Å². The zero-order valence-electron chi connectivity index (χ0n) is 16.2. The Morgan fingerprint density at radius 2 is 2.18 bits per heavy atom. The number of ether oxygens (including phenoxy) is 2. The fourth-order valence-electron chi connectivity index (χ4n) is 3.70. The number of aromatic nitrogens is 2. The molecule has 0 radical (unpaired) electrons. The Balaban J connectivity index is 1.60. The van der Waals surface area contributed by atoms with Gasteiger partial charge in [-0.05, 0) is 43.9 Å². The minimum absolute atomic E-state index is 0.222. The minimum Gasteiger partial charge on any atom is -0.494 e. The Labute approximate surface area is 163 Å². The number of nitrogens with zero attached hydrogens (tertiary/aromatic N) is 2. The fraction of sp³-hybridized carbons (Fsp3) is 0.500. The summed E-state index contributed by atoms with van der Waals surface area (Å²) < 4.78 is 10.9. The highest BCUT2D eigenvalue weighted by Crippen LogP contribution is 2.33. The molecule has 0 atom stereocenters. The summed E-state index contributed by atoms with van der Waals surface area (Å²) in [5.41, 5.74) is 3.02. The van der Waals surface area contributed by atoms with E-state index in [1.807, 2.05) is 12.1 Å². The number of methoxy groups -OCH3 is 1. The molecule has 0 spiro atoms. The molecule has 28 heavy (non-hydrogen) atoms. The number of imidazole rings is 1. The molecule has 3 heterocycles. The van der Waals surface area contributed by atoms with Crippen molar-refractivity contribution in [2.24, 2.45) is 0 Å². The number of nitrogens with one attached hydrogen (secondary N) is 2. The maximum absolute atomic E-state index is 12.6. The number of amides is 2. The predicted molar refractivity (Wildman–Crippen MR) is 107 cm³/mol. The number of hydrogen-bond donors (Lipinski definition) is 3. The number of aromatic amines is 1. The molecule has 3 N–H and O–H groups in total. The van der Waals surface area contributed by atoms with Crippen molar-refractivity contribution in [3.05, 3.63) is 23.8 Å². The van der Waals surface area contributed by atoms with Crippen LogP contribution in [0.4, 0.5) is 10.7 Å². The van der Waals surface area contributed by atoms with Gasteiger partial charge in [-0.2, -0.15) is 0 Å². The summed E-state index contributed by atoms with van der Waals surface area (Å²) in [6.45, 7) is 4.11. The number of fused-ring (bicyclic) bond motifs is 1. The first-order valence-corrected chi connectivity index (χ1v) is 9.59. The van der Waals surface area contributed by atoms with E-state index in [4.69, 9.17) is 9.47 Å². The number of aliphatic hydroxyl groups is 1. The van der Waals surface area contributed by atoms with Gasteiger partial charge in [0.2, 0.25) is 5.95 Å². The summed E-state index contributed by atoms with van der Waals surface area (Å²) in [5.74, 6) is 1.06. The lowest BCUT2D eigenvalue weighted by molar-refractivity contribution is 0.00569. The number of hydrogen-bond acceptors (Lipinski definition) is 5. The first-order chi connectivity index (χ1) is 13.5. The molecule has 0 unspecified atom stereocenters. The predicted octanol–water partition coefficient (Wildman–Crippen LogP) is 2.75. The highest BCUT2D eigenvalue weighted by Gasteiger charge is 2.30. The van der Waals surface area contributed by atoms with Crippen LogP contribution >= 0.6 is 0 Å². The largest absolute Gasteiger partial charge is 0.494 e. The Hall–Kier alpha value is -2.58. The Kier molecular flexibility index (Phi) is 4.99. The van der Waals surface area contributed by atoms with Gasteiger partial charge >= 0.3 is 6.03 Å². The van der Waals surface area contributed by atoms with E-state index in [0.29, 0.717) is 50.8 Å². The van der Waals surface area contributed by atoms with Gasteiger partial charge in [0.25, 0.3) is 0 Å². The van der Waals surface area contributed by atoms with Gasteiger partial charge in [-0.1, -0.05) is 6.08 Å². The molecule has 2 aliphatic heterocycles. The summed E-state index contributed by atoms with van der Waals surface area (Å²) in [6.07, 6.45) is 4.02. The zero-order chi connectivity index (χ0) is 19.7. The smallest absolute Gasteiger partial charge is 0.324 e. The Bertz CT molecular complexity index is 908. The van der Waals surface area contributed by atoms with E-state index in [0.717, 1.165) is 23.0 Å². The van der Waals surface area contributed by atoms with Gasteiger partial charge in [-0.3, -0.25) is 5.32 Å². The highest BCUT2D eigenvalue weighted by molar-refractivity contribution is 5.96. The van der Waals surface area contributed by atoms with Crippen molar-refractivity contribution in [1.29, 1.82) is 0 Å². The lowest BCUT2D eigenvalue weighted by atomic mass is 9.94. The molecule has 1 fully saturated rings. The number of carbonyl (C=O) groups excluding carboxylic acids is 1. The normalized spacial score (nSPS) is 19.4. The van der Waals surface area contributed by atoms with Crippen LogP contribution in [0.15, 0.2) is 18.2 Å². The molecule has 0 aliphatic carbocycles. The van der Waals surface area contributed by atoms with Gasteiger partial charge in [0.1, 0.15) is 16.8 Å². The van der Waals surface area contributed by atoms with E-state index in [1.165, 1.54) is 5.57 Å². The van der Waals surface area contributed by atoms with Crippen LogP contribution in [0.1, 0.15) is 31.7 Å². The minimum atomic E-state index is -0.699. The third kappa shape index (κ3) is 3.70. The van der Waals surface area contributed by atoms with Crippen LogP contribution in [0.2, 0.25) is 0 Å². The number of anilines is 1. The van der Waals surface area contributed by atoms with E-state index in [9.17, 15) is 9.90 Å². The monoisotopic (exact) mass is 386 g/mol. The van der Waals surface area contributed by atoms with Crippen molar-refractivity contribution in [3.8, 4) is 5.75 Å². The number of rotatable bonds is 3. The summed E-state index contributed by atoms with van der Waals surface area (Å²) in [6, 6.07) is 3.68. The van der Waals surface area contributed by atoms with E-state index in [2.05, 4.69) is 21.4 Å². The van der Waals surface area contributed by atoms with Crippen LogP contribution in [0.5, 0.6) is 5.75 Å². The second-order valence-electron chi connectivity index (χ2n) is 7.59. The molecule has 2 aliphatic rings. The van der Waals surface area contributed by atoms with Crippen molar-refractivity contribution in [2.45, 2.75) is 31.8 Å². The molecule has 8 heteroatoms. The van der Waals surface area contributed by atoms with Crippen LogP contribution in [0.3, 0.4) is 0 Å². The van der Waals surface area contributed by atoms with Gasteiger partial charge in [-0.15, -0.1) is 0 Å². The second kappa shape index (κ2) is 7.44. The molecule has 2 aromatic rings. The van der Waals surface area contributed by atoms with Crippen LogP contribution < -0.4 is 10.1 Å². The van der Waals surface area contributed by atoms with Crippen molar-refractivity contribution in [2.75, 3.05) is 38.7 Å². The fourth-order valence-corrected chi connectivity index (χ4v) is 3.70. The molecule has 150 valence electrons. The molecule has 0 bridgehead atoms. The second-order valence-corrected chi connectivity index (χ2v) is 7.59. The summed E-state index contributed by atoms with van der Waals surface area (Å²) in [7, 11) is 1.61. The zero-order valence-corrected chi connectivity index (χ0v) is 16.2. The number of piperidine rings is 1. The van der Waals surface area contributed by atoms with Gasteiger partial charge in [0, 0.05) is 18.7 Å². The molecule has 1 aromatic heterocycles. The number of H-pyrrole nitrogens is 1. The lowest BCUT2D eigenvalue weighted by Gasteiger charge is -2.35. The SMILES string of the molecule is COc1ccc(C2=CCOCC2)c2nc(NC(=O)N3CCC(C)(O)CC3)[nH]c12. The standard InChI is InChI=1S/C20H26N4O4/c1-20(26)7-9-24(10-8-20)19(25)23-18-21-16-14(13-5-11-28-12-6-13)3-4-15(27-2)17(16)22-18/h3-5,26H,6-12H2,1-2H3,(H2,21,22,23,25). The van der Waals surface area contributed by atoms with Crippen LogP contribution in [-0.2, 0) is 4.74 Å².